The summed E-state index contributed by atoms with van der Waals surface area (Å²) < 4.78 is 26.8. The molecule has 0 unspecified atom stereocenters. The van der Waals surface area contributed by atoms with Crippen LogP contribution < -0.4 is 5.56 Å². The highest BCUT2D eigenvalue weighted by Crippen LogP contribution is 2.40. The molecular weight excluding hydrogens is 383 g/mol. The van der Waals surface area contributed by atoms with Crippen LogP contribution in [0.2, 0.25) is 10.0 Å². The van der Waals surface area contributed by atoms with Crippen molar-refractivity contribution < 1.29 is 18.7 Å². The SMILES string of the molecule is Cc1c(Sc2c(Cl)cccc2Cl)cc(C(C)(F)F)[nH]c1=O.O=CO. The molecule has 0 aliphatic rings. The van der Waals surface area contributed by atoms with Gasteiger partial charge in [-0.2, -0.15) is 0 Å². The van der Waals surface area contributed by atoms with E-state index in [0.29, 0.717) is 25.4 Å². The van der Waals surface area contributed by atoms with Gasteiger partial charge >= 0.3 is 0 Å². The van der Waals surface area contributed by atoms with E-state index in [2.05, 4.69) is 4.98 Å². The highest BCUT2D eigenvalue weighted by atomic mass is 35.5. The topological polar surface area (TPSA) is 70.2 Å². The lowest BCUT2D eigenvalue weighted by atomic mass is 10.2. The molecule has 2 rings (SSSR count). The van der Waals surface area contributed by atoms with Crippen LogP contribution in [0.4, 0.5) is 8.78 Å². The van der Waals surface area contributed by atoms with E-state index in [-0.39, 0.29) is 6.47 Å². The first-order valence-corrected chi connectivity index (χ1v) is 8.01. The van der Waals surface area contributed by atoms with Crippen LogP contribution in [-0.4, -0.2) is 16.6 Å². The maximum atomic E-state index is 13.4. The smallest absolute Gasteiger partial charge is 0.290 e. The molecule has 0 saturated heterocycles. The molecule has 1 aromatic carbocycles. The highest BCUT2D eigenvalue weighted by Gasteiger charge is 2.27. The lowest BCUT2D eigenvalue weighted by molar-refractivity contribution is -0.122. The summed E-state index contributed by atoms with van der Waals surface area (Å²) in [7, 11) is 0. The molecule has 1 heterocycles. The molecular formula is C15H13Cl2F2NO3S. The Bertz CT molecular complexity index is 771. The molecule has 0 amide bonds. The van der Waals surface area contributed by atoms with Crippen LogP contribution in [-0.2, 0) is 10.7 Å². The molecule has 0 radical (unpaired) electrons. The van der Waals surface area contributed by atoms with E-state index in [1.807, 2.05) is 0 Å². The van der Waals surface area contributed by atoms with Crippen molar-refractivity contribution in [2.24, 2.45) is 0 Å². The van der Waals surface area contributed by atoms with Crippen molar-refractivity contribution in [1.29, 1.82) is 0 Å². The summed E-state index contributed by atoms with van der Waals surface area (Å²) in [6, 6.07) is 6.23. The van der Waals surface area contributed by atoms with Gasteiger partial charge in [0.05, 0.1) is 15.7 Å². The molecule has 9 heteroatoms. The van der Waals surface area contributed by atoms with Crippen molar-refractivity contribution in [1.82, 2.24) is 4.98 Å². The number of carboxylic acid groups (broad SMARTS) is 1. The molecule has 4 nitrogen and oxygen atoms in total. The van der Waals surface area contributed by atoms with Gasteiger partial charge in [0.1, 0.15) is 0 Å². The van der Waals surface area contributed by atoms with E-state index in [1.54, 1.807) is 25.1 Å². The molecule has 2 aromatic rings. The number of hydrogen-bond donors (Lipinski definition) is 2. The Balaban J connectivity index is 0.000000891. The molecule has 0 bridgehead atoms. The molecule has 1 aromatic heterocycles. The second-order valence-corrected chi connectivity index (χ2v) is 6.51. The van der Waals surface area contributed by atoms with Gasteiger partial charge in [-0.05, 0) is 25.1 Å². The van der Waals surface area contributed by atoms with Crippen LogP contribution in [0.3, 0.4) is 0 Å². The number of nitrogens with one attached hydrogen (secondary N) is 1. The molecule has 0 fully saturated rings. The standard InChI is InChI=1S/C14H11Cl2F2NOS.CH2O2/c1-7-10(6-11(14(2,17)18)19-13(7)20)21-12-8(15)4-3-5-9(12)16;2-1-3/h3-6H,1-2H3,(H,19,20);1H,(H,2,3). The largest absolute Gasteiger partial charge is 0.483 e. The number of alkyl halides is 2. The zero-order chi connectivity index (χ0) is 18.5. The average molecular weight is 396 g/mol. The number of rotatable bonds is 3. The van der Waals surface area contributed by atoms with Crippen LogP contribution in [0.25, 0.3) is 0 Å². The third-order valence-electron chi connectivity index (χ3n) is 2.84. The first kappa shape index (κ1) is 20.5. The number of aromatic nitrogens is 1. The number of pyridine rings is 1. The van der Waals surface area contributed by atoms with Crippen molar-refractivity contribution in [3.63, 3.8) is 0 Å². The summed E-state index contributed by atoms with van der Waals surface area (Å²) >= 11 is 13.2. The Labute approximate surface area is 150 Å². The van der Waals surface area contributed by atoms with Gasteiger partial charge in [-0.25, -0.2) is 8.78 Å². The van der Waals surface area contributed by atoms with Gasteiger partial charge in [-0.1, -0.05) is 41.0 Å². The zero-order valence-electron chi connectivity index (χ0n) is 12.6. The monoisotopic (exact) mass is 395 g/mol. The predicted molar refractivity (Wildman–Crippen MR) is 90.6 cm³/mol. The fourth-order valence-electron chi connectivity index (χ4n) is 1.64. The quantitative estimate of drug-likeness (QED) is 0.720. The maximum absolute atomic E-state index is 13.4. The summed E-state index contributed by atoms with van der Waals surface area (Å²) in [4.78, 5) is 23.3. The number of benzene rings is 1. The summed E-state index contributed by atoms with van der Waals surface area (Å²) in [5.74, 6) is -3.13. The van der Waals surface area contributed by atoms with E-state index < -0.39 is 17.2 Å². The van der Waals surface area contributed by atoms with E-state index >= 15 is 0 Å². The first-order chi connectivity index (χ1) is 11.1. The van der Waals surface area contributed by atoms with Crippen molar-refractivity contribution in [2.45, 2.75) is 29.6 Å². The summed E-state index contributed by atoms with van der Waals surface area (Å²) in [6.07, 6.45) is 0. The van der Waals surface area contributed by atoms with Crippen LogP contribution in [0.15, 0.2) is 38.9 Å². The normalized spacial score (nSPS) is 10.8. The summed E-state index contributed by atoms with van der Waals surface area (Å²) in [6.45, 7) is 2.04. The van der Waals surface area contributed by atoms with Gasteiger partial charge in [0.2, 0.25) is 0 Å². The van der Waals surface area contributed by atoms with Gasteiger partial charge in [0.25, 0.3) is 18.0 Å². The molecule has 0 spiro atoms. The fraction of sp³-hybridized carbons (Fsp3) is 0.200. The van der Waals surface area contributed by atoms with E-state index in [4.69, 9.17) is 33.1 Å². The van der Waals surface area contributed by atoms with Crippen LogP contribution in [0.1, 0.15) is 18.2 Å². The second-order valence-electron chi connectivity index (χ2n) is 4.65. The molecule has 0 aliphatic heterocycles. The molecule has 130 valence electrons. The molecule has 24 heavy (non-hydrogen) atoms. The fourth-order valence-corrected chi connectivity index (χ4v) is 3.24. The lowest BCUT2D eigenvalue weighted by Crippen LogP contribution is -2.19. The van der Waals surface area contributed by atoms with E-state index in [0.717, 1.165) is 18.7 Å². The third-order valence-corrected chi connectivity index (χ3v) is 4.98. The lowest BCUT2D eigenvalue weighted by Gasteiger charge is -2.14. The minimum atomic E-state index is -3.13. The van der Waals surface area contributed by atoms with Gasteiger partial charge in [-0.3, -0.25) is 9.59 Å². The third kappa shape index (κ3) is 5.22. The number of halogens is 4. The molecule has 0 aliphatic carbocycles. The van der Waals surface area contributed by atoms with Crippen molar-refractivity contribution >= 4 is 41.4 Å². The van der Waals surface area contributed by atoms with Crippen molar-refractivity contribution in [3.05, 3.63) is 55.9 Å². The Morgan fingerprint density at radius 1 is 1.29 bits per heavy atom. The van der Waals surface area contributed by atoms with Gasteiger partial charge in [0, 0.05) is 22.3 Å². The predicted octanol–water partition coefficient (Wildman–Crippen LogP) is 4.95. The number of aromatic amines is 1. The number of hydrogen-bond acceptors (Lipinski definition) is 3. The Morgan fingerprint density at radius 2 is 1.79 bits per heavy atom. The summed E-state index contributed by atoms with van der Waals surface area (Å²) in [5, 5.41) is 7.69. The van der Waals surface area contributed by atoms with Crippen molar-refractivity contribution in [2.75, 3.05) is 0 Å². The average Bonchev–Trinajstić information content (AvgIpc) is 2.47. The second kappa shape index (κ2) is 8.50. The molecule has 0 atom stereocenters. The first-order valence-electron chi connectivity index (χ1n) is 6.43. The van der Waals surface area contributed by atoms with E-state index in [9.17, 15) is 13.6 Å². The Kier molecular flexibility index (Phi) is 7.26. The zero-order valence-corrected chi connectivity index (χ0v) is 14.9. The van der Waals surface area contributed by atoms with Gasteiger partial charge in [-0.15, -0.1) is 0 Å². The van der Waals surface area contributed by atoms with Crippen LogP contribution in [0, 0.1) is 6.92 Å². The number of H-pyrrole nitrogens is 1. The van der Waals surface area contributed by atoms with E-state index in [1.165, 1.54) is 6.07 Å². The number of carbonyl (C=O) groups is 1. The highest BCUT2D eigenvalue weighted by molar-refractivity contribution is 7.99. The van der Waals surface area contributed by atoms with Gasteiger partial charge in [0.15, 0.2) is 0 Å². The minimum Gasteiger partial charge on any atom is -0.483 e. The van der Waals surface area contributed by atoms with Gasteiger partial charge < -0.3 is 10.1 Å². The van der Waals surface area contributed by atoms with Crippen LogP contribution >= 0.6 is 35.0 Å². The Hall–Kier alpha value is -1.57. The Morgan fingerprint density at radius 3 is 2.25 bits per heavy atom. The van der Waals surface area contributed by atoms with Crippen LogP contribution in [0.5, 0.6) is 0 Å². The molecule has 0 saturated carbocycles. The maximum Gasteiger partial charge on any atom is 0.290 e. The minimum absolute atomic E-state index is 0.250. The van der Waals surface area contributed by atoms with Crippen molar-refractivity contribution in [3.8, 4) is 0 Å². The summed E-state index contributed by atoms with van der Waals surface area (Å²) in [5.41, 5.74) is -0.660. The molecule has 2 N–H and O–H groups in total.